The second-order valence-electron chi connectivity index (χ2n) is 9.66. The minimum Gasteiger partial charge on any atom is -0.465 e. The summed E-state index contributed by atoms with van der Waals surface area (Å²) in [6.07, 6.45) is 6.80. The third-order valence-electron chi connectivity index (χ3n) is 6.27. The quantitative estimate of drug-likeness (QED) is 0.767. The molecule has 2 unspecified atom stereocenters. The van der Waals surface area contributed by atoms with Gasteiger partial charge in [0.1, 0.15) is 0 Å². The molecule has 0 bridgehead atoms. The molecule has 3 heterocycles. The van der Waals surface area contributed by atoms with Crippen LogP contribution in [0.1, 0.15) is 52.3 Å². The third-order valence-corrected chi connectivity index (χ3v) is 6.27. The number of hydrogen-bond acceptors (Lipinski definition) is 6. The van der Waals surface area contributed by atoms with Crippen LogP contribution in [0.3, 0.4) is 0 Å². The normalized spacial score (nSPS) is 22.5. The van der Waals surface area contributed by atoms with E-state index in [1.54, 1.807) is 17.3 Å². The number of aromatic nitrogens is 3. The van der Waals surface area contributed by atoms with Crippen LogP contribution in [0.4, 0.5) is 4.79 Å². The molecular weight excluding hydrogens is 382 g/mol. The van der Waals surface area contributed by atoms with Crippen LogP contribution in [0.5, 0.6) is 0 Å². The molecule has 1 aliphatic heterocycles. The Labute approximate surface area is 177 Å². The lowest BCUT2D eigenvalue weighted by Crippen LogP contribution is -2.56. The van der Waals surface area contributed by atoms with Gasteiger partial charge in [0.15, 0.2) is 0 Å². The zero-order chi connectivity index (χ0) is 21.3. The summed E-state index contributed by atoms with van der Waals surface area (Å²) in [5.74, 6) is 1.90. The molecule has 2 fully saturated rings. The Hall–Kier alpha value is -2.48. The molecule has 2 aliphatic rings. The van der Waals surface area contributed by atoms with Crippen molar-refractivity contribution in [3.63, 3.8) is 0 Å². The molecular formula is C22H31N5O3. The molecule has 1 amide bonds. The summed E-state index contributed by atoms with van der Waals surface area (Å²) in [7, 11) is 0. The number of hydrogen-bond donors (Lipinski definition) is 1. The van der Waals surface area contributed by atoms with Gasteiger partial charge in [-0.15, -0.1) is 0 Å². The van der Waals surface area contributed by atoms with Crippen molar-refractivity contribution in [1.82, 2.24) is 24.9 Å². The van der Waals surface area contributed by atoms with Crippen molar-refractivity contribution in [2.45, 2.75) is 65.1 Å². The summed E-state index contributed by atoms with van der Waals surface area (Å²) in [6, 6.07) is 4.03. The molecule has 2 atom stereocenters. The second-order valence-corrected chi connectivity index (χ2v) is 9.66. The maximum atomic E-state index is 11.8. The Morgan fingerprint density at radius 3 is 2.63 bits per heavy atom. The molecule has 2 aromatic rings. The number of rotatable bonds is 6. The lowest BCUT2D eigenvalue weighted by atomic mass is 9.79. The highest BCUT2D eigenvalue weighted by Crippen LogP contribution is 2.37. The Kier molecular flexibility index (Phi) is 5.77. The van der Waals surface area contributed by atoms with Crippen molar-refractivity contribution in [1.29, 1.82) is 0 Å². The van der Waals surface area contributed by atoms with E-state index in [-0.39, 0.29) is 11.5 Å². The molecule has 1 aliphatic carbocycles. The minimum atomic E-state index is -0.819. The van der Waals surface area contributed by atoms with Gasteiger partial charge in [-0.05, 0) is 49.1 Å². The fourth-order valence-electron chi connectivity index (χ4n) is 4.41. The standard InChI is InChI=1S/C22H31N5O3/c1-22(2,3)18-12-17(8-11-27(18)21(28)29)26(13-15-4-5-15)14-19-24-20(25-30-19)16-6-9-23-10-7-16/h6-7,9-10,15,17-18H,4-5,8,11-14H2,1-3H3,(H,28,29). The van der Waals surface area contributed by atoms with Crippen LogP contribution < -0.4 is 0 Å². The maximum absolute atomic E-state index is 11.8. The van der Waals surface area contributed by atoms with Crippen molar-refractivity contribution < 1.29 is 14.4 Å². The van der Waals surface area contributed by atoms with Crippen LogP contribution in [0.2, 0.25) is 0 Å². The highest BCUT2D eigenvalue weighted by atomic mass is 16.5. The molecule has 0 radical (unpaired) electrons. The molecule has 30 heavy (non-hydrogen) atoms. The molecule has 0 spiro atoms. The van der Waals surface area contributed by atoms with Crippen LogP contribution in [0.25, 0.3) is 11.4 Å². The number of pyridine rings is 1. The van der Waals surface area contributed by atoms with Gasteiger partial charge < -0.3 is 14.5 Å². The van der Waals surface area contributed by atoms with E-state index in [9.17, 15) is 9.90 Å². The highest BCUT2D eigenvalue weighted by Gasteiger charge is 2.41. The average molecular weight is 414 g/mol. The van der Waals surface area contributed by atoms with Gasteiger partial charge in [0, 0.05) is 43.1 Å². The fourth-order valence-corrected chi connectivity index (χ4v) is 4.41. The first-order valence-electron chi connectivity index (χ1n) is 10.8. The number of carbonyl (C=O) groups is 1. The Morgan fingerprint density at radius 1 is 1.27 bits per heavy atom. The second kappa shape index (κ2) is 8.34. The molecule has 162 valence electrons. The number of carboxylic acid groups (broad SMARTS) is 1. The van der Waals surface area contributed by atoms with Gasteiger partial charge in [-0.3, -0.25) is 9.88 Å². The Balaban J connectivity index is 1.50. The van der Waals surface area contributed by atoms with Gasteiger partial charge in [-0.2, -0.15) is 4.98 Å². The van der Waals surface area contributed by atoms with Crippen LogP contribution in [0, 0.1) is 11.3 Å². The van der Waals surface area contributed by atoms with E-state index in [1.807, 2.05) is 12.1 Å². The maximum Gasteiger partial charge on any atom is 0.407 e. The first-order valence-corrected chi connectivity index (χ1v) is 10.8. The molecule has 8 heteroatoms. The predicted molar refractivity (Wildman–Crippen MR) is 112 cm³/mol. The summed E-state index contributed by atoms with van der Waals surface area (Å²) in [6.45, 7) is 8.54. The summed E-state index contributed by atoms with van der Waals surface area (Å²) in [5, 5.41) is 13.8. The smallest absolute Gasteiger partial charge is 0.407 e. The van der Waals surface area contributed by atoms with Gasteiger partial charge in [-0.25, -0.2) is 4.79 Å². The number of piperidine rings is 1. The van der Waals surface area contributed by atoms with E-state index in [2.05, 4.69) is 40.8 Å². The summed E-state index contributed by atoms with van der Waals surface area (Å²) in [4.78, 5) is 24.5. The minimum absolute atomic E-state index is 0.00878. The van der Waals surface area contributed by atoms with E-state index in [0.717, 1.165) is 30.9 Å². The first kappa shape index (κ1) is 20.8. The summed E-state index contributed by atoms with van der Waals surface area (Å²) >= 11 is 0. The topological polar surface area (TPSA) is 95.6 Å². The van der Waals surface area contributed by atoms with Crippen LogP contribution >= 0.6 is 0 Å². The van der Waals surface area contributed by atoms with Gasteiger partial charge in [-0.1, -0.05) is 25.9 Å². The molecule has 8 nitrogen and oxygen atoms in total. The lowest BCUT2D eigenvalue weighted by molar-refractivity contribution is 0.0136. The monoisotopic (exact) mass is 413 g/mol. The highest BCUT2D eigenvalue weighted by molar-refractivity contribution is 5.65. The van der Waals surface area contributed by atoms with E-state index < -0.39 is 6.09 Å². The van der Waals surface area contributed by atoms with Crippen molar-refractivity contribution in [3.8, 4) is 11.4 Å². The van der Waals surface area contributed by atoms with E-state index in [4.69, 9.17) is 4.52 Å². The number of amides is 1. The van der Waals surface area contributed by atoms with Crippen molar-refractivity contribution in [2.24, 2.45) is 11.3 Å². The third kappa shape index (κ3) is 4.80. The SMILES string of the molecule is CC(C)(C)C1CC(N(Cc2nc(-c3ccncc3)no2)CC2CC2)CCN1C(=O)O. The van der Waals surface area contributed by atoms with Crippen LogP contribution in [0.15, 0.2) is 29.0 Å². The molecule has 1 saturated carbocycles. The Bertz CT molecular complexity index is 859. The molecule has 1 N–H and O–H groups in total. The number of nitrogens with zero attached hydrogens (tertiary/aromatic N) is 5. The molecule has 4 rings (SSSR count). The van der Waals surface area contributed by atoms with E-state index in [0.29, 0.717) is 30.8 Å². The largest absolute Gasteiger partial charge is 0.465 e. The molecule has 2 aromatic heterocycles. The fraction of sp³-hybridized carbons (Fsp3) is 0.636. The van der Waals surface area contributed by atoms with Crippen LogP contribution in [-0.4, -0.2) is 61.3 Å². The van der Waals surface area contributed by atoms with Gasteiger partial charge in [0.05, 0.1) is 6.54 Å². The first-order chi connectivity index (χ1) is 14.3. The van der Waals surface area contributed by atoms with Gasteiger partial charge >= 0.3 is 6.09 Å². The summed E-state index contributed by atoms with van der Waals surface area (Å²) < 4.78 is 5.57. The van der Waals surface area contributed by atoms with Crippen LogP contribution in [-0.2, 0) is 6.54 Å². The number of likely N-dealkylation sites (tertiary alicyclic amines) is 1. The van der Waals surface area contributed by atoms with Crippen molar-refractivity contribution >= 4 is 6.09 Å². The lowest BCUT2D eigenvalue weighted by Gasteiger charge is -2.47. The zero-order valence-electron chi connectivity index (χ0n) is 18.0. The van der Waals surface area contributed by atoms with Crippen molar-refractivity contribution in [3.05, 3.63) is 30.4 Å². The van der Waals surface area contributed by atoms with E-state index >= 15 is 0 Å². The summed E-state index contributed by atoms with van der Waals surface area (Å²) in [5.41, 5.74) is 0.776. The molecule has 1 saturated heterocycles. The Morgan fingerprint density at radius 2 is 2.00 bits per heavy atom. The average Bonchev–Trinajstić information content (AvgIpc) is 3.41. The zero-order valence-corrected chi connectivity index (χ0v) is 18.0. The van der Waals surface area contributed by atoms with E-state index in [1.165, 1.54) is 12.8 Å². The molecule has 0 aromatic carbocycles. The van der Waals surface area contributed by atoms with Gasteiger partial charge in [0.25, 0.3) is 0 Å². The van der Waals surface area contributed by atoms with Gasteiger partial charge in [0.2, 0.25) is 11.7 Å². The van der Waals surface area contributed by atoms with Crippen molar-refractivity contribution in [2.75, 3.05) is 13.1 Å². The predicted octanol–water partition coefficient (Wildman–Crippen LogP) is 3.90.